The first-order valence-corrected chi connectivity index (χ1v) is 25.0. The third kappa shape index (κ3) is 32.0. The predicted molar refractivity (Wildman–Crippen MR) is 234 cm³/mol. The number of aliphatic hydroxyl groups excluding tert-OH is 3. The van der Waals surface area contributed by atoms with Gasteiger partial charge in [0.05, 0.1) is 19.8 Å². The van der Waals surface area contributed by atoms with Gasteiger partial charge in [-0.2, -0.15) is 8.42 Å². The highest BCUT2D eigenvalue weighted by molar-refractivity contribution is 7.80. The summed E-state index contributed by atoms with van der Waals surface area (Å²) in [7, 11) is -5.06. The van der Waals surface area contributed by atoms with Crippen molar-refractivity contribution >= 4 is 16.4 Å². The maximum absolute atomic E-state index is 12.9. The van der Waals surface area contributed by atoms with Crippen molar-refractivity contribution in [2.75, 3.05) is 26.4 Å². The number of ether oxygens (including phenoxy) is 4. The van der Waals surface area contributed by atoms with Crippen molar-refractivity contribution < 1.29 is 56.2 Å². The molecule has 1 saturated heterocycles. The van der Waals surface area contributed by atoms with Crippen LogP contribution in [0.25, 0.3) is 0 Å². The van der Waals surface area contributed by atoms with E-state index in [9.17, 15) is 28.5 Å². The summed E-state index contributed by atoms with van der Waals surface area (Å²) in [5, 5.41) is 30.7. The molecule has 0 aromatic heterocycles. The Hall–Kier alpha value is -1.42. The molecule has 6 unspecified atom stereocenters. The molecule has 0 saturated carbocycles. The Balaban J connectivity index is 2.39. The van der Waals surface area contributed by atoms with Crippen molar-refractivity contribution in [3.05, 3.63) is 24.3 Å². The minimum Gasteiger partial charge on any atom is -0.457 e. The Bertz CT molecular complexity index is 1130. The fourth-order valence-electron chi connectivity index (χ4n) is 7.19. The Morgan fingerprint density at radius 3 is 1.56 bits per heavy atom. The van der Waals surface area contributed by atoms with E-state index in [2.05, 4.69) is 42.3 Å². The molecule has 4 N–H and O–H groups in total. The van der Waals surface area contributed by atoms with Crippen LogP contribution in [-0.4, -0.2) is 97.5 Å². The zero-order valence-electron chi connectivity index (χ0n) is 37.1. The molecule has 59 heavy (non-hydrogen) atoms. The van der Waals surface area contributed by atoms with E-state index < -0.39 is 59.8 Å². The number of rotatable bonds is 41. The standard InChI is InChI=1S/C46H86O12S/c1-3-5-7-9-11-13-15-17-18-19-20-21-22-23-25-27-29-31-33-35-42(48)56-40(38-54-36-34-32-30-28-26-24-16-14-12-10-8-6-4-2)39-55-46-44(50)45(58-59(51,52)53)43(49)41(37-47)57-46/h12,14,17-18,40-41,43-47,49-50H,3-11,13,15-16,19-39H2,1-2H3,(H,51,52,53)/b14-12-,18-17-. The first-order chi connectivity index (χ1) is 28.6. The SMILES string of the molecule is CCCCC/C=C\CCCCCCCCOCC(COC1OC(CO)C(O)C(OS(=O)(=O)O)C1O)OC(=O)CCCCCCCCCCC/C=C\CCCCCCCC. The summed E-state index contributed by atoms with van der Waals surface area (Å²) in [6.45, 7) is 3.96. The van der Waals surface area contributed by atoms with Gasteiger partial charge in [0.25, 0.3) is 0 Å². The van der Waals surface area contributed by atoms with Crippen LogP contribution in [0.1, 0.15) is 200 Å². The van der Waals surface area contributed by atoms with Gasteiger partial charge in [0.2, 0.25) is 0 Å². The van der Waals surface area contributed by atoms with Gasteiger partial charge in [-0.05, 0) is 64.2 Å². The average Bonchev–Trinajstić information content (AvgIpc) is 3.20. The smallest absolute Gasteiger partial charge is 0.397 e. The highest BCUT2D eigenvalue weighted by Crippen LogP contribution is 2.26. The molecule has 0 aromatic carbocycles. The van der Waals surface area contributed by atoms with Crippen LogP contribution in [0.2, 0.25) is 0 Å². The molecule has 0 radical (unpaired) electrons. The summed E-state index contributed by atoms with van der Waals surface area (Å²) >= 11 is 0. The van der Waals surface area contributed by atoms with Gasteiger partial charge in [-0.15, -0.1) is 0 Å². The lowest BCUT2D eigenvalue weighted by Gasteiger charge is -2.41. The van der Waals surface area contributed by atoms with Gasteiger partial charge >= 0.3 is 16.4 Å². The second-order valence-electron chi connectivity index (χ2n) is 16.3. The van der Waals surface area contributed by atoms with Gasteiger partial charge < -0.3 is 34.3 Å². The zero-order valence-corrected chi connectivity index (χ0v) is 37.9. The molecule has 1 fully saturated rings. The van der Waals surface area contributed by atoms with Crippen LogP contribution in [-0.2, 0) is 38.3 Å². The summed E-state index contributed by atoms with van der Waals surface area (Å²) < 4.78 is 59.1. The quantitative estimate of drug-likeness (QED) is 0.0198. The van der Waals surface area contributed by atoms with Crippen LogP contribution < -0.4 is 0 Å². The molecule has 1 aliphatic rings. The minimum atomic E-state index is -5.06. The predicted octanol–water partition coefficient (Wildman–Crippen LogP) is 10.0. The number of hydrogen-bond acceptors (Lipinski definition) is 11. The van der Waals surface area contributed by atoms with Crippen LogP contribution in [0.4, 0.5) is 0 Å². The van der Waals surface area contributed by atoms with E-state index in [0.717, 1.165) is 44.9 Å². The second-order valence-corrected chi connectivity index (χ2v) is 17.4. The summed E-state index contributed by atoms with van der Waals surface area (Å²) in [5.74, 6) is -0.402. The van der Waals surface area contributed by atoms with Gasteiger partial charge in [-0.25, -0.2) is 4.18 Å². The Labute approximate surface area is 359 Å². The first-order valence-electron chi connectivity index (χ1n) is 23.6. The van der Waals surface area contributed by atoms with Gasteiger partial charge in [0.15, 0.2) is 6.29 Å². The van der Waals surface area contributed by atoms with E-state index in [4.69, 9.17) is 23.5 Å². The minimum absolute atomic E-state index is 0.0334. The molecule has 1 heterocycles. The van der Waals surface area contributed by atoms with Crippen LogP contribution in [0.15, 0.2) is 24.3 Å². The number of esters is 1. The largest absolute Gasteiger partial charge is 0.457 e. The molecule has 0 bridgehead atoms. The van der Waals surface area contributed by atoms with Crippen LogP contribution in [0, 0.1) is 0 Å². The molecule has 0 spiro atoms. The molecule has 13 heteroatoms. The first kappa shape index (κ1) is 55.6. The van der Waals surface area contributed by atoms with Crippen molar-refractivity contribution in [2.24, 2.45) is 0 Å². The van der Waals surface area contributed by atoms with Crippen molar-refractivity contribution in [1.29, 1.82) is 0 Å². The lowest BCUT2D eigenvalue weighted by Crippen LogP contribution is -2.60. The topological polar surface area (TPSA) is 178 Å². The van der Waals surface area contributed by atoms with E-state index in [0.29, 0.717) is 13.0 Å². The Morgan fingerprint density at radius 2 is 1.07 bits per heavy atom. The maximum Gasteiger partial charge on any atom is 0.397 e. The average molecular weight is 863 g/mol. The van der Waals surface area contributed by atoms with Crippen LogP contribution in [0.3, 0.4) is 0 Å². The van der Waals surface area contributed by atoms with Gasteiger partial charge in [0, 0.05) is 13.0 Å². The highest BCUT2D eigenvalue weighted by atomic mass is 32.3. The van der Waals surface area contributed by atoms with E-state index in [1.54, 1.807) is 0 Å². The summed E-state index contributed by atoms with van der Waals surface area (Å²) in [6, 6.07) is 0. The molecule has 348 valence electrons. The fourth-order valence-corrected chi connectivity index (χ4v) is 7.70. The van der Waals surface area contributed by atoms with Crippen molar-refractivity contribution in [1.82, 2.24) is 0 Å². The van der Waals surface area contributed by atoms with Gasteiger partial charge in [-0.3, -0.25) is 9.35 Å². The van der Waals surface area contributed by atoms with E-state index >= 15 is 0 Å². The van der Waals surface area contributed by atoms with Gasteiger partial charge in [0.1, 0.15) is 30.5 Å². The molecule has 1 aliphatic heterocycles. The number of aliphatic hydroxyl groups is 3. The molecule has 1 rings (SSSR count). The summed E-state index contributed by atoms with van der Waals surface area (Å²) in [5.41, 5.74) is 0. The fraction of sp³-hybridized carbons (Fsp3) is 0.891. The number of allylic oxidation sites excluding steroid dienone is 4. The molecule has 12 nitrogen and oxygen atoms in total. The number of carbonyl (C=O) groups excluding carboxylic acids is 1. The number of carbonyl (C=O) groups is 1. The second kappa shape index (κ2) is 38.3. The zero-order chi connectivity index (χ0) is 43.2. The van der Waals surface area contributed by atoms with Crippen LogP contribution in [0.5, 0.6) is 0 Å². The molecular formula is C46H86O12S. The van der Waals surface area contributed by atoms with Crippen molar-refractivity contribution in [3.63, 3.8) is 0 Å². The normalized spacial score (nSPS) is 20.5. The summed E-state index contributed by atoms with van der Waals surface area (Å²) in [4.78, 5) is 12.9. The molecule has 0 aliphatic carbocycles. The van der Waals surface area contributed by atoms with Crippen LogP contribution >= 0.6 is 0 Å². The lowest BCUT2D eigenvalue weighted by atomic mass is 9.99. The molecule has 0 aromatic rings. The Kier molecular flexibility index (Phi) is 36.1. The van der Waals surface area contributed by atoms with Gasteiger partial charge in [-0.1, -0.05) is 154 Å². The van der Waals surface area contributed by atoms with E-state index in [1.807, 2.05) is 0 Å². The van der Waals surface area contributed by atoms with Crippen molar-refractivity contribution in [3.8, 4) is 0 Å². The monoisotopic (exact) mass is 863 g/mol. The third-order valence-electron chi connectivity index (χ3n) is 10.8. The molecular weight excluding hydrogens is 777 g/mol. The molecule has 6 atom stereocenters. The van der Waals surface area contributed by atoms with Crippen molar-refractivity contribution in [2.45, 2.75) is 237 Å². The molecule has 0 amide bonds. The van der Waals surface area contributed by atoms with E-state index in [1.165, 1.54) is 128 Å². The number of unbranched alkanes of at least 4 members (excludes halogenated alkanes) is 24. The lowest BCUT2D eigenvalue weighted by molar-refractivity contribution is -0.301. The maximum atomic E-state index is 12.9. The van der Waals surface area contributed by atoms with E-state index in [-0.39, 0.29) is 19.6 Å². The Morgan fingerprint density at radius 1 is 0.627 bits per heavy atom. The number of hydrogen-bond donors (Lipinski definition) is 4. The highest BCUT2D eigenvalue weighted by Gasteiger charge is 2.48. The summed E-state index contributed by atoms with van der Waals surface area (Å²) in [6.07, 6.45) is 33.5. The third-order valence-corrected chi connectivity index (χ3v) is 11.3.